The summed E-state index contributed by atoms with van der Waals surface area (Å²) in [6, 6.07) is 3.63. The molecule has 0 saturated carbocycles. The van der Waals surface area contributed by atoms with Gasteiger partial charge in [0.25, 0.3) is 0 Å². The van der Waals surface area contributed by atoms with Crippen LogP contribution in [0.15, 0.2) is 28.2 Å². The van der Waals surface area contributed by atoms with Gasteiger partial charge in [0.05, 0.1) is 4.88 Å². The van der Waals surface area contributed by atoms with E-state index in [1.54, 1.807) is 23.6 Å². The first-order valence-corrected chi connectivity index (χ1v) is 5.54. The third kappa shape index (κ3) is 2.07. The minimum absolute atomic E-state index is 0.467. The number of nitrogens with zero attached hydrogens (tertiary/aromatic N) is 2. The molecule has 0 aliphatic carbocycles. The van der Waals surface area contributed by atoms with Crippen LogP contribution in [0.3, 0.4) is 0 Å². The highest BCUT2D eigenvalue weighted by molar-refractivity contribution is 9.10. The molecule has 0 saturated heterocycles. The highest BCUT2D eigenvalue weighted by atomic mass is 79.9. The molecule has 2 heterocycles. The Hall–Kier alpha value is -0.450. The lowest BCUT2D eigenvalue weighted by Crippen LogP contribution is -1.84. The van der Waals surface area contributed by atoms with Crippen molar-refractivity contribution in [3.8, 4) is 10.7 Å². The molecule has 2 aromatic rings. The summed E-state index contributed by atoms with van der Waals surface area (Å²) in [6.07, 6.45) is 1.65. The van der Waals surface area contributed by atoms with Crippen molar-refractivity contribution in [2.75, 3.05) is 0 Å². The third-order valence-corrected chi connectivity index (χ3v) is 3.31. The van der Waals surface area contributed by atoms with Gasteiger partial charge in [-0.3, -0.25) is 0 Å². The normalized spacial score (nSPS) is 10.3. The molecule has 0 aromatic carbocycles. The summed E-state index contributed by atoms with van der Waals surface area (Å²) in [5.74, 6) is 0.670. The Balaban J connectivity index is 2.46. The van der Waals surface area contributed by atoms with Crippen molar-refractivity contribution < 1.29 is 0 Å². The standard InChI is InChI=1S/C8H4BrClN2S/c9-5-3-6(13-4-5)8-11-2-1-7(10)12-8/h1-4H. The maximum absolute atomic E-state index is 5.74. The maximum Gasteiger partial charge on any atom is 0.170 e. The van der Waals surface area contributed by atoms with Crippen LogP contribution in [-0.4, -0.2) is 9.97 Å². The fourth-order valence-electron chi connectivity index (χ4n) is 0.886. The van der Waals surface area contributed by atoms with Crippen molar-refractivity contribution in [2.24, 2.45) is 0 Å². The van der Waals surface area contributed by atoms with Gasteiger partial charge in [0.1, 0.15) is 5.15 Å². The molecule has 2 nitrogen and oxygen atoms in total. The Bertz CT molecular complexity index is 430. The van der Waals surface area contributed by atoms with E-state index in [1.807, 2.05) is 11.4 Å². The second-order valence-corrected chi connectivity index (χ2v) is 4.55. The molecule has 2 rings (SSSR count). The van der Waals surface area contributed by atoms with Gasteiger partial charge in [0.2, 0.25) is 0 Å². The van der Waals surface area contributed by atoms with Crippen LogP contribution >= 0.6 is 38.9 Å². The number of hydrogen-bond acceptors (Lipinski definition) is 3. The van der Waals surface area contributed by atoms with Crippen molar-refractivity contribution in [1.82, 2.24) is 9.97 Å². The van der Waals surface area contributed by atoms with E-state index in [0.717, 1.165) is 9.35 Å². The topological polar surface area (TPSA) is 25.8 Å². The second-order valence-electron chi connectivity index (χ2n) is 2.33. The van der Waals surface area contributed by atoms with E-state index >= 15 is 0 Å². The predicted molar refractivity (Wildman–Crippen MR) is 58.1 cm³/mol. The molecular formula is C8H4BrClN2S. The number of aromatic nitrogens is 2. The van der Waals surface area contributed by atoms with Gasteiger partial charge in [-0.1, -0.05) is 11.6 Å². The smallest absolute Gasteiger partial charge is 0.170 e. The van der Waals surface area contributed by atoms with Crippen molar-refractivity contribution >= 4 is 38.9 Å². The molecule has 0 bridgehead atoms. The molecule has 0 unspecified atom stereocenters. The Morgan fingerprint density at radius 1 is 1.46 bits per heavy atom. The summed E-state index contributed by atoms with van der Waals surface area (Å²) in [6.45, 7) is 0. The molecule has 0 radical (unpaired) electrons. The summed E-state index contributed by atoms with van der Waals surface area (Å²) in [5, 5.41) is 2.45. The zero-order valence-electron chi connectivity index (χ0n) is 6.37. The average molecular weight is 276 g/mol. The van der Waals surface area contributed by atoms with E-state index in [9.17, 15) is 0 Å². The largest absolute Gasteiger partial charge is 0.236 e. The molecule has 0 N–H and O–H groups in total. The maximum atomic E-state index is 5.74. The second kappa shape index (κ2) is 3.74. The predicted octanol–water partition coefficient (Wildman–Crippen LogP) is 3.62. The quantitative estimate of drug-likeness (QED) is 0.743. The van der Waals surface area contributed by atoms with Gasteiger partial charge in [-0.05, 0) is 28.1 Å². The number of halogens is 2. The minimum atomic E-state index is 0.467. The number of rotatable bonds is 1. The average Bonchev–Trinajstić information content (AvgIpc) is 2.52. The minimum Gasteiger partial charge on any atom is -0.236 e. The Morgan fingerprint density at radius 2 is 2.31 bits per heavy atom. The van der Waals surface area contributed by atoms with Crippen LogP contribution in [0.25, 0.3) is 10.7 Å². The highest BCUT2D eigenvalue weighted by Gasteiger charge is 2.03. The van der Waals surface area contributed by atoms with Crippen LogP contribution in [-0.2, 0) is 0 Å². The molecule has 0 fully saturated rings. The lowest BCUT2D eigenvalue weighted by molar-refractivity contribution is 1.19. The van der Waals surface area contributed by atoms with E-state index in [4.69, 9.17) is 11.6 Å². The first-order valence-electron chi connectivity index (χ1n) is 3.48. The first kappa shape index (κ1) is 9.12. The van der Waals surface area contributed by atoms with Gasteiger partial charge in [0, 0.05) is 16.0 Å². The Labute approximate surface area is 92.7 Å². The molecule has 0 spiro atoms. The van der Waals surface area contributed by atoms with Crippen molar-refractivity contribution in [2.45, 2.75) is 0 Å². The Kier molecular flexibility index (Phi) is 2.62. The van der Waals surface area contributed by atoms with E-state index in [-0.39, 0.29) is 0 Å². The van der Waals surface area contributed by atoms with Crippen molar-refractivity contribution in [3.05, 3.63) is 33.3 Å². The lowest BCUT2D eigenvalue weighted by atomic mass is 10.4. The third-order valence-electron chi connectivity index (χ3n) is 1.41. The summed E-state index contributed by atoms with van der Waals surface area (Å²) in [7, 11) is 0. The molecule has 0 aliphatic heterocycles. The van der Waals surface area contributed by atoms with Gasteiger partial charge in [-0.2, -0.15) is 0 Å². The monoisotopic (exact) mass is 274 g/mol. The zero-order valence-corrected chi connectivity index (χ0v) is 9.53. The fraction of sp³-hybridized carbons (Fsp3) is 0. The van der Waals surface area contributed by atoms with Gasteiger partial charge in [-0.25, -0.2) is 9.97 Å². The number of hydrogen-bond donors (Lipinski definition) is 0. The van der Waals surface area contributed by atoms with E-state index in [0.29, 0.717) is 11.0 Å². The van der Waals surface area contributed by atoms with Crippen LogP contribution in [0.4, 0.5) is 0 Å². The molecule has 2 aromatic heterocycles. The summed E-state index contributed by atoms with van der Waals surface area (Å²) < 4.78 is 1.04. The van der Waals surface area contributed by atoms with Gasteiger partial charge >= 0.3 is 0 Å². The van der Waals surface area contributed by atoms with Crippen LogP contribution in [0.1, 0.15) is 0 Å². The van der Waals surface area contributed by atoms with Crippen LogP contribution in [0.5, 0.6) is 0 Å². The zero-order chi connectivity index (χ0) is 9.26. The molecule has 0 atom stereocenters. The summed E-state index contributed by atoms with van der Waals surface area (Å²) >= 11 is 10.7. The van der Waals surface area contributed by atoms with Crippen LogP contribution in [0, 0.1) is 0 Å². The van der Waals surface area contributed by atoms with Gasteiger partial charge in [0.15, 0.2) is 5.82 Å². The van der Waals surface area contributed by atoms with Crippen molar-refractivity contribution in [3.63, 3.8) is 0 Å². The molecule has 5 heteroatoms. The van der Waals surface area contributed by atoms with E-state index < -0.39 is 0 Å². The van der Waals surface area contributed by atoms with Gasteiger partial charge < -0.3 is 0 Å². The van der Waals surface area contributed by atoms with Gasteiger partial charge in [-0.15, -0.1) is 11.3 Å². The SMILES string of the molecule is Clc1ccnc(-c2cc(Br)cs2)n1. The first-order chi connectivity index (χ1) is 6.25. The highest BCUT2D eigenvalue weighted by Crippen LogP contribution is 2.27. The molecule has 0 aliphatic rings. The summed E-state index contributed by atoms with van der Waals surface area (Å²) in [4.78, 5) is 9.23. The molecule has 0 amide bonds. The fourth-order valence-corrected chi connectivity index (χ4v) is 2.39. The van der Waals surface area contributed by atoms with Crippen molar-refractivity contribution in [1.29, 1.82) is 0 Å². The molecular weight excluding hydrogens is 272 g/mol. The van der Waals surface area contributed by atoms with Crippen LogP contribution in [0.2, 0.25) is 5.15 Å². The van der Waals surface area contributed by atoms with Crippen LogP contribution < -0.4 is 0 Å². The molecule has 13 heavy (non-hydrogen) atoms. The Morgan fingerprint density at radius 3 is 2.92 bits per heavy atom. The summed E-state index contributed by atoms with van der Waals surface area (Å²) in [5.41, 5.74) is 0. The molecule has 66 valence electrons. The van der Waals surface area contributed by atoms with E-state index in [2.05, 4.69) is 25.9 Å². The van der Waals surface area contributed by atoms with E-state index in [1.165, 1.54) is 0 Å². The lowest BCUT2D eigenvalue weighted by Gasteiger charge is -1.94. The number of thiophene rings is 1.